The SMILES string of the molecule is CCCCO[C@@H](C)C(=O)OCC. The van der Waals surface area contributed by atoms with Crippen molar-refractivity contribution in [3.8, 4) is 0 Å². The number of hydrogen-bond acceptors (Lipinski definition) is 3. The molecular weight excluding hydrogens is 156 g/mol. The van der Waals surface area contributed by atoms with E-state index in [2.05, 4.69) is 6.92 Å². The van der Waals surface area contributed by atoms with E-state index in [0.717, 1.165) is 12.8 Å². The van der Waals surface area contributed by atoms with E-state index < -0.39 is 6.10 Å². The highest BCUT2D eigenvalue weighted by Gasteiger charge is 2.12. The van der Waals surface area contributed by atoms with E-state index in [1.807, 2.05) is 0 Å². The summed E-state index contributed by atoms with van der Waals surface area (Å²) < 4.78 is 9.99. The molecule has 3 heteroatoms. The summed E-state index contributed by atoms with van der Waals surface area (Å²) >= 11 is 0. The molecule has 0 N–H and O–H groups in total. The van der Waals surface area contributed by atoms with E-state index in [4.69, 9.17) is 9.47 Å². The van der Waals surface area contributed by atoms with Crippen LogP contribution in [-0.4, -0.2) is 25.3 Å². The molecule has 0 rings (SSSR count). The normalized spacial score (nSPS) is 12.6. The van der Waals surface area contributed by atoms with Gasteiger partial charge in [0.15, 0.2) is 6.10 Å². The van der Waals surface area contributed by atoms with Gasteiger partial charge in [0, 0.05) is 6.61 Å². The molecule has 0 amide bonds. The molecule has 0 aliphatic rings. The molecule has 0 spiro atoms. The van der Waals surface area contributed by atoms with Gasteiger partial charge in [-0.25, -0.2) is 4.79 Å². The van der Waals surface area contributed by atoms with Gasteiger partial charge in [0.05, 0.1) is 6.61 Å². The zero-order chi connectivity index (χ0) is 9.40. The van der Waals surface area contributed by atoms with Crippen molar-refractivity contribution in [1.82, 2.24) is 0 Å². The smallest absolute Gasteiger partial charge is 0.334 e. The second kappa shape index (κ2) is 7.10. The summed E-state index contributed by atoms with van der Waals surface area (Å²) in [6, 6.07) is 0. The van der Waals surface area contributed by atoms with Crippen LogP contribution in [0.2, 0.25) is 0 Å². The summed E-state index contributed by atoms with van der Waals surface area (Å²) in [6.45, 7) is 6.64. The van der Waals surface area contributed by atoms with Gasteiger partial charge in [0.2, 0.25) is 0 Å². The highest BCUT2D eigenvalue weighted by Crippen LogP contribution is 1.97. The Hall–Kier alpha value is -0.570. The fourth-order valence-corrected chi connectivity index (χ4v) is 0.732. The van der Waals surface area contributed by atoms with Gasteiger partial charge in [-0.1, -0.05) is 13.3 Å². The number of carbonyl (C=O) groups excluding carboxylic acids is 1. The molecule has 0 aromatic heterocycles. The van der Waals surface area contributed by atoms with Crippen LogP contribution in [0.3, 0.4) is 0 Å². The Balaban J connectivity index is 3.42. The first-order valence-corrected chi connectivity index (χ1v) is 4.50. The van der Waals surface area contributed by atoms with Gasteiger partial charge < -0.3 is 9.47 Å². The summed E-state index contributed by atoms with van der Waals surface area (Å²) in [7, 11) is 0. The zero-order valence-corrected chi connectivity index (χ0v) is 8.13. The Morgan fingerprint density at radius 2 is 2.08 bits per heavy atom. The number of rotatable bonds is 6. The third-order valence-electron chi connectivity index (χ3n) is 1.48. The summed E-state index contributed by atoms with van der Waals surface area (Å²) in [6.07, 6.45) is 1.65. The monoisotopic (exact) mass is 174 g/mol. The van der Waals surface area contributed by atoms with Crippen molar-refractivity contribution >= 4 is 5.97 Å². The van der Waals surface area contributed by atoms with Crippen LogP contribution in [0.15, 0.2) is 0 Å². The van der Waals surface area contributed by atoms with Crippen molar-refractivity contribution in [3.05, 3.63) is 0 Å². The number of ether oxygens (including phenoxy) is 2. The maximum absolute atomic E-state index is 11.0. The van der Waals surface area contributed by atoms with Gasteiger partial charge in [0.25, 0.3) is 0 Å². The zero-order valence-electron chi connectivity index (χ0n) is 8.13. The maximum atomic E-state index is 11.0. The maximum Gasteiger partial charge on any atom is 0.334 e. The Morgan fingerprint density at radius 1 is 1.42 bits per heavy atom. The summed E-state index contributed by atoms with van der Waals surface area (Å²) in [4.78, 5) is 11.0. The van der Waals surface area contributed by atoms with Crippen molar-refractivity contribution < 1.29 is 14.3 Å². The summed E-state index contributed by atoms with van der Waals surface area (Å²) in [5, 5.41) is 0. The topological polar surface area (TPSA) is 35.5 Å². The molecule has 0 saturated carbocycles. The van der Waals surface area contributed by atoms with Gasteiger partial charge >= 0.3 is 5.97 Å². The minimum Gasteiger partial charge on any atom is -0.464 e. The molecule has 0 bridgehead atoms. The molecule has 0 aromatic rings. The molecule has 0 saturated heterocycles. The summed E-state index contributed by atoms with van der Waals surface area (Å²) in [5.41, 5.74) is 0. The number of carbonyl (C=O) groups is 1. The van der Waals surface area contributed by atoms with Crippen LogP contribution in [0.25, 0.3) is 0 Å². The fraction of sp³-hybridized carbons (Fsp3) is 0.889. The van der Waals surface area contributed by atoms with Gasteiger partial charge in [-0.3, -0.25) is 0 Å². The second-order valence-electron chi connectivity index (χ2n) is 2.62. The standard InChI is InChI=1S/C9H18O3/c1-4-6-7-12-8(3)9(10)11-5-2/h8H,4-7H2,1-3H3/t8-/m0/s1. The lowest BCUT2D eigenvalue weighted by Crippen LogP contribution is -2.23. The molecular formula is C9H18O3. The Labute approximate surface area is 74.0 Å². The largest absolute Gasteiger partial charge is 0.464 e. The van der Waals surface area contributed by atoms with E-state index in [1.165, 1.54) is 0 Å². The molecule has 0 radical (unpaired) electrons. The molecule has 1 atom stereocenters. The van der Waals surface area contributed by atoms with E-state index in [1.54, 1.807) is 13.8 Å². The highest BCUT2D eigenvalue weighted by molar-refractivity contribution is 5.74. The molecule has 0 unspecified atom stereocenters. The first-order valence-electron chi connectivity index (χ1n) is 4.50. The Bertz CT molecular complexity index is 123. The average molecular weight is 174 g/mol. The predicted molar refractivity (Wildman–Crippen MR) is 47.0 cm³/mol. The third-order valence-corrected chi connectivity index (χ3v) is 1.48. The van der Waals surface area contributed by atoms with Crippen molar-refractivity contribution in [3.63, 3.8) is 0 Å². The minimum absolute atomic E-state index is 0.270. The number of unbranched alkanes of at least 4 members (excludes halogenated alkanes) is 1. The van der Waals surface area contributed by atoms with E-state index in [0.29, 0.717) is 13.2 Å². The Morgan fingerprint density at radius 3 is 2.58 bits per heavy atom. The highest BCUT2D eigenvalue weighted by atomic mass is 16.6. The molecule has 0 aromatic carbocycles. The molecule has 0 aliphatic carbocycles. The lowest BCUT2D eigenvalue weighted by Gasteiger charge is -2.10. The quantitative estimate of drug-likeness (QED) is 0.454. The first-order chi connectivity index (χ1) is 5.72. The second-order valence-corrected chi connectivity index (χ2v) is 2.62. The van der Waals surface area contributed by atoms with Crippen molar-refractivity contribution in [2.75, 3.05) is 13.2 Å². The van der Waals surface area contributed by atoms with Crippen LogP contribution in [0.5, 0.6) is 0 Å². The van der Waals surface area contributed by atoms with E-state index in [9.17, 15) is 4.79 Å². The van der Waals surface area contributed by atoms with Crippen molar-refractivity contribution in [2.24, 2.45) is 0 Å². The Kier molecular flexibility index (Phi) is 6.76. The average Bonchev–Trinajstić information content (AvgIpc) is 2.05. The van der Waals surface area contributed by atoms with Crippen LogP contribution in [0.4, 0.5) is 0 Å². The fourth-order valence-electron chi connectivity index (χ4n) is 0.732. The molecule has 12 heavy (non-hydrogen) atoms. The van der Waals surface area contributed by atoms with E-state index in [-0.39, 0.29) is 5.97 Å². The van der Waals surface area contributed by atoms with Gasteiger partial charge in [0.1, 0.15) is 0 Å². The van der Waals surface area contributed by atoms with Crippen LogP contribution >= 0.6 is 0 Å². The molecule has 0 heterocycles. The van der Waals surface area contributed by atoms with Gasteiger partial charge in [-0.15, -0.1) is 0 Å². The molecule has 0 aliphatic heterocycles. The van der Waals surface area contributed by atoms with Crippen LogP contribution in [-0.2, 0) is 14.3 Å². The van der Waals surface area contributed by atoms with Crippen LogP contribution < -0.4 is 0 Å². The number of esters is 1. The third kappa shape index (κ3) is 5.13. The van der Waals surface area contributed by atoms with Crippen LogP contribution in [0.1, 0.15) is 33.6 Å². The number of hydrogen-bond donors (Lipinski definition) is 0. The van der Waals surface area contributed by atoms with Crippen molar-refractivity contribution in [1.29, 1.82) is 0 Å². The van der Waals surface area contributed by atoms with E-state index >= 15 is 0 Å². The van der Waals surface area contributed by atoms with Crippen molar-refractivity contribution in [2.45, 2.75) is 39.7 Å². The van der Waals surface area contributed by atoms with Gasteiger partial charge in [-0.05, 0) is 20.3 Å². The van der Waals surface area contributed by atoms with Crippen LogP contribution in [0, 0.1) is 0 Å². The lowest BCUT2D eigenvalue weighted by atomic mass is 10.3. The molecule has 3 nitrogen and oxygen atoms in total. The predicted octanol–water partition coefficient (Wildman–Crippen LogP) is 1.75. The first kappa shape index (κ1) is 11.4. The van der Waals surface area contributed by atoms with Gasteiger partial charge in [-0.2, -0.15) is 0 Å². The molecule has 72 valence electrons. The molecule has 0 fully saturated rings. The summed E-state index contributed by atoms with van der Waals surface area (Å²) in [5.74, 6) is -0.270. The minimum atomic E-state index is -0.420. The lowest BCUT2D eigenvalue weighted by molar-refractivity contribution is -0.155.